The number of rotatable bonds is 6. The summed E-state index contributed by atoms with van der Waals surface area (Å²) in [5.41, 5.74) is 1.25. The van der Waals surface area contributed by atoms with Gasteiger partial charge in [0.2, 0.25) is 0 Å². The lowest BCUT2D eigenvalue weighted by Crippen LogP contribution is -2.32. The molecule has 1 aromatic heterocycles. The van der Waals surface area contributed by atoms with Gasteiger partial charge in [0, 0.05) is 18.0 Å². The Morgan fingerprint density at radius 2 is 2.25 bits per heavy atom. The first kappa shape index (κ1) is 13.2. The van der Waals surface area contributed by atoms with Crippen molar-refractivity contribution in [1.82, 2.24) is 4.90 Å². The van der Waals surface area contributed by atoms with Gasteiger partial charge in [-0.2, -0.15) is 0 Å². The van der Waals surface area contributed by atoms with Crippen LogP contribution in [0.15, 0.2) is 11.4 Å². The molecular weight excluding hydrogens is 222 g/mol. The molecule has 0 spiro atoms. The van der Waals surface area contributed by atoms with Crippen molar-refractivity contribution in [3.05, 3.63) is 21.9 Å². The Balaban J connectivity index is 2.62. The van der Waals surface area contributed by atoms with Crippen molar-refractivity contribution in [2.75, 3.05) is 13.1 Å². The van der Waals surface area contributed by atoms with Crippen molar-refractivity contribution in [2.45, 2.75) is 27.3 Å². The molecule has 1 heterocycles. The lowest BCUT2D eigenvalue weighted by atomic mass is 10.2. The molecule has 16 heavy (non-hydrogen) atoms. The van der Waals surface area contributed by atoms with Crippen molar-refractivity contribution in [2.24, 2.45) is 5.92 Å². The molecule has 0 saturated heterocycles. The van der Waals surface area contributed by atoms with E-state index in [0.717, 1.165) is 13.1 Å². The van der Waals surface area contributed by atoms with Crippen LogP contribution in [-0.4, -0.2) is 29.1 Å². The van der Waals surface area contributed by atoms with Crippen molar-refractivity contribution in [1.29, 1.82) is 0 Å². The Kier molecular flexibility index (Phi) is 4.96. The molecule has 0 aliphatic carbocycles. The largest absolute Gasteiger partial charge is 0.480 e. The predicted molar refractivity (Wildman–Crippen MR) is 66.8 cm³/mol. The minimum atomic E-state index is -0.755. The fourth-order valence-electron chi connectivity index (χ4n) is 1.66. The summed E-state index contributed by atoms with van der Waals surface area (Å²) >= 11 is 1.70. The number of thiophene rings is 1. The molecule has 0 unspecified atom stereocenters. The molecular formula is C12H19NO2S. The molecule has 0 saturated carbocycles. The number of hydrogen-bond acceptors (Lipinski definition) is 3. The molecule has 0 aromatic carbocycles. The molecule has 1 aromatic rings. The molecule has 1 N–H and O–H groups in total. The van der Waals surface area contributed by atoms with Crippen molar-refractivity contribution in [3.8, 4) is 0 Å². The quantitative estimate of drug-likeness (QED) is 0.832. The monoisotopic (exact) mass is 241 g/mol. The standard InChI is InChI=1S/C12H19NO2S/c1-9(2)6-13(8-12(14)15)7-11-10(3)4-5-16-11/h4-5,9H,6-8H2,1-3H3,(H,14,15). The molecule has 0 fully saturated rings. The van der Waals surface area contributed by atoms with E-state index < -0.39 is 5.97 Å². The first-order valence-electron chi connectivity index (χ1n) is 5.46. The van der Waals surface area contributed by atoms with Crippen molar-refractivity contribution >= 4 is 17.3 Å². The highest BCUT2D eigenvalue weighted by atomic mass is 32.1. The number of carboxylic acid groups (broad SMARTS) is 1. The minimum Gasteiger partial charge on any atom is -0.480 e. The average molecular weight is 241 g/mol. The minimum absolute atomic E-state index is 0.121. The van der Waals surface area contributed by atoms with Gasteiger partial charge in [0.25, 0.3) is 0 Å². The first-order valence-corrected chi connectivity index (χ1v) is 6.34. The molecule has 0 bridgehead atoms. The lowest BCUT2D eigenvalue weighted by Gasteiger charge is -2.21. The summed E-state index contributed by atoms with van der Waals surface area (Å²) in [7, 11) is 0. The summed E-state index contributed by atoms with van der Waals surface area (Å²) in [6.07, 6.45) is 0. The van der Waals surface area contributed by atoms with Gasteiger partial charge in [-0.15, -0.1) is 11.3 Å². The summed E-state index contributed by atoms with van der Waals surface area (Å²) in [6, 6.07) is 2.08. The average Bonchev–Trinajstić information content (AvgIpc) is 2.49. The smallest absolute Gasteiger partial charge is 0.317 e. The molecule has 90 valence electrons. The van der Waals surface area contributed by atoms with Crippen LogP contribution in [0.4, 0.5) is 0 Å². The van der Waals surface area contributed by atoms with E-state index in [1.54, 1.807) is 11.3 Å². The van der Waals surface area contributed by atoms with Gasteiger partial charge in [0.15, 0.2) is 0 Å². The Morgan fingerprint density at radius 3 is 2.69 bits per heavy atom. The Morgan fingerprint density at radius 1 is 1.56 bits per heavy atom. The van der Waals surface area contributed by atoms with Crippen LogP contribution in [0.1, 0.15) is 24.3 Å². The second-order valence-electron chi connectivity index (χ2n) is 4.48. The zero-order chi connectivity index (χ0) is 12.1. The van der Waals surface area contributed by atoms with E-state index in [0.29, 0.717) is 5.92 Å². The highest BCUT2D eigenvalue weighted by Gasteiger charge is 2.13. The third-order valence-electron chi connectivity index (χ3n) is 2.32. The number of carboxylic acids is 1. The van der Waals surface area contributed by atoms with Crippen molar-refractivity contribution < 1.29 is 9.90 Å². The van der Waals surface area contributed by atoms with E-state index in [1.807, 2.05) is 4.90 Å². The first-order chi connectivity index (χ1) is 7.49. The molecule has 0 atom stereocenters. The lowest BCUT2D eigenvalue weighted by molar-refractivity contribution is -0.138. The van der Waals surface area contributed by atoms with E-state index in [-0.39, 0.29) is 6.54 Å². The number of carbonyl (C=O) groups is 1. The van der Waals surface area contributed by atoms with E-state index in [4.69, 9.17) is 5.11 Å². The van der Waals surface area contributed by atoms with Crippen LogP contribution in [0.5, 0.6) is 0 Å². The normalized spacial score (nSPS) is 11.3. The molecule has 1 rings (SSSR count). The maximum Gasteiger partial charge on any atom is 0.317 e. The van der Waals surface area contributed by atoms with Gasteiger partial charge in [-0.1, -0.05) is 13.8 Å². The SMILES string of the molecule is Cc1ccsc1CN(CC(=O)O)CC(C)C. The van der Waals surface area contributed by atoms with Crippen LogP contribution in [0.3, 0.4) is 0 Å². The highest BCUT2D eigenvalue weighted by molar-refractivity contribution is 7.10. The summed E-state index contributed by atoms with van der Waals surface area (Å²) in [5, 5.41) is 10.9. The van der Waals surface area contributed by atoms with Gasteiger partial charge in [-0.3, -0.25) is 9.69 Å². The Hall–Kier alpha value is -0.870. The maximum atomic E-state index is 10.8. The van der Waals surface area contributed by atoms with Gasteiger partial charge in [0.1, 0.15) is 0 Å². The molecule has 0 amide bonds. The number of hydrogen-bond donors (Lipinski definition) is 1. The molecule has 0 radical (unpaired) electrons. The van der Waals surface area contributed by atoms with E-state index in [1.165, 1.54) is 10.4 Å². The number of nitrogens with zero attached hydrogens (tertiary/aromatic N) is 1. The summed E-state index contributed by atoms with van der Waals surface area (Å²) in [5.74, 6) is -0.269. The van der Waals surface area contributed by atoms with Crippen LogP contribution >= 0.6 is 11.3 Å². The molecule has 0 aliphatic heterocycles. The topological polar surface area (TPSA) is 40.5 Å². The fourth-order valence-corrected chi connectivity index (χ4v) is 2.61. The van der Waals surface area contributed by atoms with Crippen LogP contribution < -0.4 is 0 Å². The number of aryl methyl sites for hydroxylation is 1. The van der Waals surface area contributed by atoms with Gasteiger partial charge >= 0.3 is 5.97 Å². The third kappa shape index (κ3) is 4.33. The van der Waals surface area contributed by atoms with Crippen LogP contribution in [0.2, 0.25) is 0 Å². The fraction of sp³-hybridized carbons (Fsp3) is 0.583. The molecule has 3 nitrogen and oxygen atoms in total. The molecule has 4 heteroatoms. The maximum absolute atomic E-state index is 10.8. The summed E-state index contributed by atoms with van der Waals surface area (Å²) in [6.45, 7) is 7.97. The number of aliphatic carboxylic acids is 1. The summed E-state index contributed by atoms with van der Waals surface area (Å²) < 4.78 is 0. The molecule has 0 aliphatic rings. The second-order valence-corrected chi connectivity index (χ2v) is 5.48. The zero-order valence-electron chi connectivity index (χ0n) is 10.1. The van der Waals surface area contributed by atoms with Gasteiger partial charge in [-0.25, -0.2) is 0 Å². The van der Waals surface area contributed by atoms with E-state index in [2.05, 4.69) is 32.2 Å². The Bertz CT molecular complexity index is 347. The summed E-state index contributed by atoms with van der Waals surface area (Å²) in [4.78, 5) is 14.0. The zero-order valence-corrected chi connectivity index (χ0v) is 10.9. The van der Waals surface area contributed by atoms with Gasteiger partial charge < -0.3 is 5.11 Å². The predicted octanol–water partition coefficient (Wildman–Crippen LogP) is 2.60. The Labute approximate surface area is 101 Å². The van der Waals surface area contributed by atoms with E-state index >= 15 is 0 Å². The second kappa shape index (κ2) is 6.01. The van der Waals surface area contributed by atoms with Gasteiger partial charge in [0.05, 0.1) is 6.54 Å². The van der Waals surface area contributed by atoms with Crippen LogP contribution in [0.25, 0.3) is 0 Å². The third-order valence-corrected chi connectivity index (χ3v) is 3.33. The van der Waals surface area contributed by atoms with Crippen LogP contribution in [-0.2, 0) is 11.3 Å². The van der Waals surface area contributed by atoms with E-state index in [9.17, 15) is 4.79 Å². The highest BCUT2D eigenvalue weighted by Crippen LogP contribution is 2.18. The van der Waals surface area contributed by atoms with Crippen LogP contribution in [0, 0.1) is 12.8 Å². The van der Waals surface area contributed by atoms with Gasteiger partial charge in [-0.05, 0) is 29.9 Å². The van der Waals surface area contributed by atoms with Crippen molar-refractivity contribution in [3.63, 3.8) is 0 Å².